The fourth-order valence-corrected chi connectivity index (χ4v) is 4.32. The fraction of sp³-hybridized carbons (Fsp3) is 0.458. The Kier molecular flexibility index (Phi) is 9.13. The number of nitrogens with one attached hydrogen (secondary N) is 1. The molecule has 33 heavy (non-hydrogen) atoms. The van der Waals surface area contributed by atoms with E-state index in [1.807, 2.05) is 12.1 Å². The second-order valence-corrected chi connectivity index (χ2v) is 10.6. The van der Waals surface area contributed by atoms with Crippen molar-refractivity contribution in [2.75, 3.05) is 6.61 Å². The highest BCUT2D eigenvalue weighted by Gasteiger charge is 2.30. The number of halogens is 4. The van der Waals surface area contributed by atoms with Crippen molar-refractivity contribution in [3.8, 4) is 0 Å². The molecule has 0 saturated heterocycles. The molecule has 0 aromatic heterocycles. The summed E-state index contributed by atoms with van der Waals surface area (Å²) in [6.07, 6.45) is -3.22. The molecule has 0 fully saturated rings. The van der Waals surface area contributed by atoms with Crippen LogP contribution in [0, 0.1) is 0 Å². The number of aliphatic hydroxyl groups is 1. The van der Waals surface area contributed by atoms with Gasteiger partial charge < -0.3 is 15.2 Å². The molecule has 1 atom stereocenters. The van der Waals surface area contributed by atoms with Gasteiger partial charge in [0.05, 0.1) is 17.7 Å². The third kappa shape index (κ3) is 9.10. The summed E-state index contributed by atoms with van der Waals surface area (Å²) in [4.78, 5) is 13.3. The molecule has 0 heterocycles. The van der Waals surface area contributed by atoms with Crippen molar-refractivity contribution >= 4 is 29.5 Å². The van der Waals surface area contributed by atoms with Gasteiger partial charge in [0.2, 0.25) is 0 Å². The molecule has 2 rings (SSSR count). The van der Waals surface area contributed by atoms with Gasteiger partial charge in [-0.2, -0.15) is 13.2 Å². The molecule has 0 radical (unpaired) electrons. The van der Waals surface area contributed by atoms with Crippen LogP contribution in [0.15, 0.2) is 52.3 Å². The van der Waals surface area contributed by atoms with Gasteiger partial charge in [-0.25, -0.2) is 4.79 Å². The van der Waals surface area contributed by atoms with Crippen molar-refractivity contribution in [1.82, 2.24) is 5.32 Å². The summed E-state index contributed by atoms with van der Waals surface area (Å²) in [6.45, 7) is 6.79. The average Bonchev–Trinajstić information content (AvgIpc) is 2.67. The lowest BCUT2D eigenvalue weighted by molar-refractivity contribution is -0.137. The molecule has 4 nitrogen and oxygen atoms in total. The Morgan fingerprint density at radius 3 is 2.33 bits per heavy atom. The van der Waals surface area contributed by atoms with E-state index in [9.17, 15) is 23.1 Å². The van der Waals surface area contributed by atoms with Gasteiger partial charge in [0, 0.05) is 14.8 Å². The van der Waals surface area contributed by atoms with E-state index >= 15 is 0 Å². The molecule has 2 aromatic rings. The minimum Gasteiger partial charge on any atom is -0.444 e. The molecule has 2 aromatic carbocycles. The molecule has 0 saturated carbocycles. The number of hydrogen-bond acceptors (Lipinski definition) is 4. The summed E-state index contributed by atoms with van der Waals surface area (Å²) in [5.74, 6) is 0. The highest BCUT2D eigenvalue weighted by molar-refractivity contribution is 7.99. The van der Waals surface area contributed by atoms with Gasteiger partial charge in [-0.3, -0.25) is 0 Å². The zero-order valence-electron chi connectivity index (χ0n) is 19.1. The van der Waals surface area contributed by atoms with Crippen LogP contribution in [0.1, 0.15) is 51.7 Å². The molecular weight excluding hydrogens is 475 g/mol. The monoisotopic (exact) mass is 503 g/mol. The molecule has 0 aliphatic heterocycles. The fourth-order valence-electron chi connectivity index (χ4n) is 3.07. The van der Waals surface area contributed by atoms with Gasteiger partial charge in [0.25, 0.3) is 0 Å². The Hall–Kier alpha value is -1.90. The van der Waals surface area contributed by atoms with Gasteiger partial charge in [0.15, 0.2) is 0 Å². The first-order chi connectivity index (χ1) is 15.2. The molecule has 0 bridgehead atoms. The molecule has 9 heteroatoms. The van der Waals surface area contributed by atoms with Crippen LogP contribution in [0.25, 0.3) is 0 Å². The first-order valence-electron chi connectivity index (χ1n) is 10.5. The highest BCUT2D eigenvalue weighted by Crippen LogP contribution is 2.35. The Balaban J connectivity index is 1.97. The molecular formula is C24H29ClF3NO3S. The summed E-state index contributed by atoms with van der Waals surface area (Å²) < 4.78 is 44.0. The lowest BCUT2D eigenvalue weighted by atomic mass is 9.94. The van der Waals surface area contributed by atoms with Crippen LogP contribution in [0.4, 0.5) is 18.0 Å². The maximum absolute atomic E-state index is 12.9. The van der Waals surface area contributed by atoms with Crippen molar-refractivity contribution in [3.05, 3.63) is 58.6 Å². The number of benzene rings is 2. The number of hydrogen-bond donors (Lipinski definition) is 2. The SMILES string of the molecule is CC(C)(C)OC(=O)N[C@](C)(CO)CCCc1ccc(Sc2cccc(C(F)(F)F)c2)cc1Cl. The number of ether oxygens (including phenoxy) is 1. The number of carbonyl (C=O) groups excluding carboxylic acids is 1. The average molecular weight is 504 g/mol. The largest absolute Gasteiger partial charge is 0.444 e. The summed E-state index contributed by atoms with van der Waals surface area (Å²) in [5, 5.41) is 13.0. The van der Waals surface area contributed by atoms with Crippen molar-refractivity contribution in [2.45, 2.75) is 74.1 Å². The van der Waals surface area contributed by atoms with Crippen LogP contribution in [-0.4, -0.2) is 28.9 Å². The number of aliphatic hydroxyl groups excluding tert-OH is 1. The Labute approximate surface area is 201 Å². The van der Waals surface area contributed by atoms with Crippen LogP contribution in [0.2, 0.25) is 5.02 Å². The quantitative estimate of drug-likeness (QED) is 0.403. The molecule has 1 amide bonds. The normalized spacial score (nSPS) is 14.0. The maximum atomic E-state index is 12.9. The zero-order valence-corrected chi connectivity index (χ0v) is 20.6. The van der Waals surface area contributed by atoms with E-state index in [1.54, 1.807) is 39.8 Å². The second-order valence-electron chi connectivity index (χ2n) is 9.08. The van der Waals surface area contributed by atoms with Crippen molar-refractivity contribution < 1.29 is 27.8 Å². The van der Waals surface area contributed by atoms with E-state index in [0.29, 0.717) is 29.2 Å². The standard InChI is InChI=1S/C24H29ClF3NO3S/c1-22(2,3)32-21(31)29-23(4,15-30)12-6-7-16-10-11-19(14-20(16)25)33-18-9-5-8-17(13-18)24(26,27)28/h5,8-11,13-14,30H,6-7,12,15H2,1-4H3,(H,29,31)/t23-/m0/s1. The van der Waals surface area contributed by atoms with Crippen LogP contribution in [0.5, 0.6) is 0 Å². The number of aryl methyl sites for hydroxylation is 1. The van der Waals surface area contributed by atoms with Gasteiger partial charge in [-0.05, 0) is 82.9 Å². The van der Waals surface area contributed by atoms with Crippen LogP contribution < -0.4 is 5.32 Å². The minimum atomic E-state index is -4.39. The van der Waals surface area contributed by atoms with Crippen molar-refractivity contribution in [1.29, 1.82) is 0 Å². The van der Waals surface area contributed by atoms with Crippen LogP contribution in [0.3, 0.4) is 0 Å². The predicted octanol–water partition coefficient (Wildman–Crippen LogP) is 7.11. The number of amides is 1. The topological polar surface area (TPSA) is 58.6 Å². The summed E-state index contributed by atoms with van der Waals surface area (Å²) in [6, 6.07) is 10.5. The zero-order chi connectivity index (χ0) is 24.9. The van der Waals surface area contributed by atoms with Crippen LogP contribution >= 0.6 is 23.4 Å². The molecule has 0 aliphatic rings. The molecule has 0 unspecified atom stereocenters. The lowest BCUT2D eigenvalue weighted by Crippen LogP contribution is -2.50. The molecule has 0 aliphatic carbocycles. The Morgan fingerprint density at radius 1 is 1.09 bits per heavy atom. The first kappa shape index (κ1) is 27.3. The maximum Gasteiger partial charge on any atom is 0.416 e. The second kappa shape index (κ2) is 11.0. The summed E-state index contributed by atoms with van der Waals surface area (Å²) >= 11 is 7.61. The van der Waals surface area contributed by atoms with Gasteiger partial charge >= 0.3 is 12.3 Å². The summed E-state index contributed by atoms with van der Waals surface area (Å²) in [7, 11) is 0. The number of alkyl carbamates (subject to hydrolysis) is 1. The van der Waals surface area contributed by atoms with Crippen molar-refractivity contribution in [3.63, 3.8) is 0 Å². The Bertz CT molecular complexity index is 963. The smallest absolute Gasteiger partial charge is 0.416 e. The van der Waals surface area contributed by atoms with E-state index < -0.39 is 29.0 Å². The predicted molar refractivity (Wildman–Crippen MR) is 125 cm³/mol. The number of carbonyl (C=O) groups is 1. The number of alkyl halides is 3. The molecule has 0 spiro atoms. The van der Waals surface area contributed by atoms with E-state index in [2.05, 4.69) is 5.32 Å². The number of rotatable bonds is 8. The van der Waals surface area contributed by atoms with E-state index in [0.717, 1.165) is 22.6 Å². The van der Waals surface area contributed by atoms with Gasteiger partial charge in [-0.15, -0.1) is 0 Å². The van der Waals surface area contributed by atoms with E-state index in [-0.39, 0.29) is 6.61 Å². The molecule has 182 valence electrons. The third-order valence-corrected chi connectivity index (χ3v) is 6.08. The van der Waals surface area contributed by atoms with E-state index in [1.165, 1.54) is 17.8 Å². The van der Waals surface area contributed by atoms with E-state index in [4.69, 9.17) is 16.3 Å². The van der Waals surface area contributed by atoms with Gasteiger partial charge in [0.1, 0.15) is 5.60 Å². The van der Waals surface area contributed by atoms with Gasteiger partial charge in [-0.1, -0.05) is 35.5 Å². The van der Waals surface area contributed by atoms with Crippen LogP contribution in [-0.2, 0) is 17.3 Å². The summed E-state index contributed by atoms with van der Waals surface area (Å²) in [5.41, 5.74) is -1.29. The first-order valence-corrected chi connectivity index (χ1v) is 11.7. The highest BCUT2D eigenvalue weighted by atomic mass is 35.5. The van der Waals surface area contributed by atoms with Crippen molar-refractivity contribution in [2.24, 2.45) is 0 Å². The molecule has 2 N–H and O–H groups in total. The minimum absolute atomic E-state index is 0.244. The lowest BCUT2D eigenvalue weighted by Gasteiger charge is -2.30. The Morgan fingerprint density at radius 2 is 1.76 bits per heavy atom. The third-order valence-electron chi connectivity index (χ3n) is 4.75.